The van der Waals surface area contributed by atoms with Crippen LogP contribution in [0.15, 0.2) is 83.3 Å². The molecule has 0 unspecified atom stereocenters. The van der Waals surface area contributed by atoms with Crippen LogP contribution in [0, 0.1) is 5.82 Å². The zero-order valence-electron chi connectivity index (χ0n) is 15.5. The highest BCUT2D eigenvalue weighted by atomic mass is 35.5. The first-order valence-corrected chi connectivity index (χ1v) is 9.61. The molecule has 1 amide bonds. The molecule has 0 aliphatic carbocycles. The molecule has 5 aromatic rings. The molecule has 5 rings (SSSR count). The van der Waals surface area contributed by atoms with Crippen LogP contribution in [0.1, 0.15) is 10.4 Å². The van der Waals surface area contributed by atoms with Crippen LogP contribution in [-0.4, -0.2) is 10.9 Å². The van der Waals surface area contributed by atoms with Crippen LogP contribution in [0.2, 0.25) is 5.02 Å². The number of fused-ring (bicyclic) bond motifs is 2. The van der Waals surface area contributed by atoms with Gasteiger partial charge in [0, 0.05) is 27.2 Å². The monoisotopic (exact) mass is 416 g/mol. The van der Waals surface area contributed by atoms with Gasteiger partial charge in [-0.1, -0.05) is 41.9 Å². The van der Waals surface area contributed by atoms with E-state index in [4.69, 9.17) is 16.0 Å². The molecule has 6 heteroatoms. The Labute approximate surface area is 175 Å². The second-order valence-electron chi connectivity index (χ2n) is 6.81. The molecule has 1 N–H and O–H groups in total. The minimum Gasteiger partial charge on any atom is -0.436 e. The van der Waals surface area contributed by atoms with Crippen LogP contribution >= 0.6 is 11.6 Å². The Kier molecular flexibility index (Phi) is 4.45. The molecule has 0 saturated heterocycles. The van der Waals surface area contributed by atoms with E-state index in [1.54, 1.807) is 24.3 Å². The average molecular weight is 417 g/mol. The molecule has 146 valence electrons. The van der Waals surface area contributed by atoms with Gasteiger partial charge in [0.05, 0.1) is 0 Å². The summed E-state index contributed by atoms with van der Waals surface area (Å²) < 4.78 is 19.3. The van der Waals surface area contributed by atoms with E-state index in [1.165, 1.54) is 18.2 Å². The normalized spacial score (nSPS) is 11.1. The summed E-state index contributed by atoms with van der Waals surface area (Å²) >= 11 is 6.31. The summed E-state index contributed by atoms with van der Waals surface area (Å²) in [5, 5.41) is 5.28. The lowest BCUT2D eigenvalue weighted by molar-refractivity contribution is 0.102. The number of aromatic nitrogens is 1. The summed E-state index contributed by atoms with van der Waals surface area (Å²) in [5.41, 5.74) is 2.80. The highest BCUT2D eigenvalue weighted by molar-refractivity contribution is 6.35. The van der Waals surface area contributed by atoms with Gasteiger partial charge in [-0.25, -0.2) is 9.37 Å². The Morgan fingerprint density at radius 1 is 0.933 bits per heavy atom. The number of benzene rings is 4. The number of carbonyl (C=O) groups excluding carboxylic acids is 1. The van der Waals surface area contributed by atoms with Gasteiger partial charge < -0.3 is 9.73 Å². The summed E-state index contributed by atoms with van der Waals surface area (Å²) in [5.74, 6) is -0.401. The number of hydrogen-bond donors (Lipinski definition) is 1. The van der Waals surface area contributed by atoms with E-state index in [0.29, 0.717) is 27.7 Å². The molecule has 0 radical (unpaired) electrons. The number of amides is 1. The molecule has 0 spiro atoms. The van der Waals surface area contributed by atoms with Crippen LogP contribution in [0.5, 0.6) is 0 Å². The van der Waals surface area contributed by atoms with Gasteiger partial charge >= 0.3 is 0 Å². The number of oxazole rings is 1. The minimum atomic E-state index is -0.463. The smallest absolute Gasteiger partial charge is 0.255 e. The number of nitrogens with zero attached hydrogens (tertiary/aromatic N) is 1. The second kappa shape index (κ2) is 7.28. The number of rotatable bonds is 3. The third kappa shape index (κ3) is 3.29. The van der Waals surface area contributed by atoms with Crippen molar-refractivity contribution in [3.8, 4) is 11.5 Å². The summed E-state index contributed by atoms with van der Waals surface area (Å²) in [6, 6.07) is 22.2. The van der Waals surface area contributed by atoms with Gasteiger partial charge in [-0.2, -0.15) is 0 Å². The van der Waals surface area contributed by atoms with Crippen LogP contribution in [0.25, 0.3) is 33.3 Å². The van der Waals surface area contributed by atoms with E-state index in [2.05, 4.69) is 10.3 Å². The number of anilines is 1. The van der Waals surface area contributed by atoms with E-state index < -0.39 is 11.7 Å². The fourth-order valence-corrected chi connectivity index (χ4v) is 3.65. The Hall–Kier alpha value is -3.70. The second-order valence-corrected chi connectivity index (χ2v) is 7.21. The number of nitrogens with one attached hydrogen (secondary N) is 1. The molecule has 0 aliphatic rings. The van der Waals surface area contributed by atoms with Crippen molar-refractivity contribution in [2.75, 3.05) is 5.32 Å². The van der Waals surface area contributed by atoms with E-state index in [1.807, 2.05) is 36.4 Å². The Bertz CT molecular complexity index is 1430. The molecule has 4 nitrogen and oxygen atoms in total. The lowest BCUT2D eigenvalue weighted by Crippen LogP contribution is -2.11. The summed E-state index contributed by atoms with van der Waals surface area (Å²) in [6.45, 7) is 0. The summed E-state index contributed by atoms with van der Waals surface area (Å²) in [4.78, 5) is 17.0. The van der Waals surface area contributed by atoms with Crippen molar-refractivity contribution >= 4 is 45.1 Å². The molecule has 0 bridgehead atoms. The fourth-order valence-electron chi connectivity index (χ4n) is 3.41. The van der Waals surface area contributed by atoms with Gasteiger partial charge in [0.25, 0.3) is 5.91 Å². The molecular formula is C24H14ClFN2O2. The molecule has 4 aromatic carbocycles. The zero-order valence-corrected chi connectivity index (χ0v) is 16.3. The maximum Gasteiger partial charge on any atom is 0.255 e. The van der Waals surface area contributed by atoms with Gasteiger partial charge in [0.2, 0.25) is 5.89 Å². The minimum absolute atomic E-state index is 0.239. The number of carbonyl (C=O) groups is 1. The predicted octanol–water partition coefficient (Wildman–Crippen LogP) is 6.69. The van der Waals surface area contributed by atoms with Crippen LogP contribution in [-0.2, 0) is 0 Å². The number of hydrogen-bond acceptors (Lipinski definition) is 3. The van der Waals surface area contributed by atoms with Gasteiger partial charge in [-0.3, -0.25) is 4.79 Å². The summed E-state index contributed by atoms with van der Waals surface area (Å²) in [7, 11) is 0. The maximum absolute atomic E-state index is 13.4. The highest BCUT2D eigenvalue weighted by Gasteiger charge is 2.14. The summed E-state index contributed by atoms with van der Waals surface area (Å²) in [6.07, 6.45) is 0. The van der Waals surface area contributed by atoms with Crippen molar-refractivity contribution in [2.45, 2.75) is 0 Å². The van der Waals surface area contributed by atoms with Crippen molar-refractivity contribution in [2.24, 2.45) is 0 Å². The molecule has 30 heavy (non-hydrogen) atoms. The third-order valence-electron chi connectivity index (χ3n) is 4.83. The molecule has 0 aliphatic heterocycles. The molecule has 1 heterocycles. The lowest BCUT2D eigenvalue weighted by Gasteiger charge is -2.04. The molecule has 0 fully saturated rings. The molecular weight excluding hydrogens is 403 g/mol. The van der Waals surface area contributed by atoms with Crippen molar-refractivity contribution in [3.63, 3.8) is 0 Å². The quantitative estimate of drug-likeness (QED) is 0.356. The van der Waals surface area contributed by atoms with Crippen LogP contribution in [0.3, 0.4) is 0 Å². The van der Waals surface area contributed by atoms with Crippen LogP contribution in [0.4, 0.5) is 10.1 Å². The van der Waals surface area contributed by atoms with E-state index in [0.717, 1.165) is 16.3 Å². The van der Waals surface area contributed by atoms with Crippen LogP contribution < -0.4 is 5.32 Å². The Morgan fingerprint density at radius 3 is 2.60 bits per heavy atom. The van der Waals surface area contributed by atoms with Crippen molar-refractivity contribution in [3.05, 3.63) is 95.3 Å². The zero-order chi connectivity index (χ0) is 20.7. The predicted molar refractivity (Wildman–Crippen MR) is 116 cm³/mol. The van der Waals surface area contributed by atoms with Crippen molar-refractivity contribution < 1.29 is 13.6 Å². The molecule has 0 saturated carbocycles. The van der Waals surface area contributed by atoms with Crippen molar-refractivity contribution in [1.29, 1.82) is 0 Å². The molecule has 0 atom stereocenters. The fraction of sp³-hybridized carbons (Fsp3) is 0. The van der Waals surface area contributed by atoms with Gasteiger partial charge in [0.1, 0.15) is 11.3 Å². The van der Waals surface area contributed by atoms with Gasteiger partial charge in [-0.05, 0) is 53.9 Å². The Balaban J connectivity index is 1.51. The van der Waals surface area contributed by atoms with E-state index in [-0.39, 0.29) is 5.56 Å². The van der Waals surface area contributed by atoms with E-state index >= 15 is 0 Å². The lowest BCUT2D eigenvalue weighted by atomic mass is 10.0. The highest BCUT2D eigenvalue weighted by Crippen LogP contribution is 2.34. The Morgan fingerprint density at radius 2 is 1.73 bits per heavy atom. The largest absolute Gasteiger partial charge is 0.436 e. The SMILES string of the molecule is O=C(Nc1ccc2oc(-c3cccc4c(Cl)cccc34)nc2c1)c1cccc(F)c1. The van der Waals surface area contributed by atoms with Gasteiger partial charge in [0.15, 0.2) is 5.58 Å². The maximum atomic E-state index is 13.4. The van der Waals surface area contributed by atoms with E-state index in [9.17, 15) is 9.18 Å². The first-order valence-electron chi connectivity index (χ1n) is 9.23. The average Bonchev–Trinajstić information content (AvgIpc) is 3.17. The number of halogens is 2. The van der Waals surface area contributed by atoms with Gasteiger partial charge in [-0.15, -0.1) is 0 Å². The first kappa shape index (κ1) is 18.3. The molecule has 1 aromatic heterocycles. The standard InChI is InChI=1S/C24H14ClFN2O2/c25-20-9-3-6-17-18(20)7-2-8-19(17)24-28-21-13-16(10-11-22(21)30-24)27-23(29)14-4-1-5-15(26)12-14/h1-13H,(H,27,29). The first-order chi connectivity index (χ1) is 14.6. The third-order valence-corrected chi connectivity index (χ3v) is 5.16. The topological polar surface area (TPSA) is 55.1 Å². The van der Waals surface area contributed by atoms with Crippen molar-refractivity contribution in [1.82, 2.24) is 4.98 Å².